The van der Waals surface area contributed by atoms with Crippen LogP contribution in [0.15, 0.2) is 29.3 Å². The number of halogens is 1. The lowest BCUT2D eigenvalue weighted by atomic mass is 10.2. The SMILES string of the molecule is CCC(Sc1nc2c(cc1C#N)CCC2)C(=O)Nc1ccc(OC)c(Cl)c1. The summed E-state index contributed by atoms with van der Waals surface area (Å²) in [5.41, 5.74) is 3.35. The highest BCUT2D eigenvalue weighted by Gasteiger charge is 2.23. The van der Waals surface area contributed by atoms with Gasteiger partial charge in [-0.15, -0.1) is 0 Å². The van der Waals surface area contributed by atoms with E-state index in [1.54, 1.807) is 25.3 Å². The number of aryl methyl sites for hydroxylation is 2. The van der Waals surface area contributed by atoms with Gasteiger partial charge in [-0.2, -0.15) is 5.26 Å². The Balaban J connectivity index is 1.76. The molecule has 0 spiro atoms. The maximum atomic E-state index is 12.7. The van der Waals surface area contributed by atoms with Crippen LogP contribution in [0.3, 0.4) is 0 Å². The van der Waals surface area contributed by atoms with E-state index in [1.807, 2.05) is 13.0 Å². The van der Waals surface area contributed by atoms with E-state index in [1.165, 1.54) is 11.8 Å². The van der Waals surface area contributed by atoms with Gasteiger partial charge in [-0.3, -0.25) is 4.79 Å². The molecule has 1 aliphatic carbocycles. The fraction of sp³-hybridized carbons (Fsp3) is 0.350. The summed E-state index contributed by atoms with van der Waals surface area (Å²) in [4.78, 5) is 17.4. The number of amides is 1. The zero-order chi connectivity index (χ0) is 19.4. The number of aromatic nitrogens is 1. The summed E-state index contributed by atoms with van der Waals surface area (Å²) >= 11 is 7.46. The fourth-order valence-corrected chi connectivity index (χ4v) is 4.30. The monoisotopic (exact) mass is 401 g/mol. The molecule has 0 radical (unpaired) electrons. The van der Waals surface area contributed by atoms with Gasteiger partial charge in [0.15, 0.2) is 0 Å². The van der Waals surface area contributed by atoms with Crippen LogP contribution in [-0.4, -0.2) is 23.3 Å². The summed E-state index contributed by atoms with van der Waals surface area (Å²) < 4.78 is 5.13. The third kappa shape index (κ3) is 4.37. The van der Waals surface area contributed by atoms with Gasteiger partial charge in [0.2, 0.25) is 5.91 Å². The number of benzene rings is 1. The van der Waals surface area contributed by atoms with E-state index in [0.29, 0.717) is 33.5 Å². The van der Waals surface area contributed by atoms with Gasteiger partial charge in [0.05, 0.1) is 22.9 Å². The second-order valence-corrected chi connectivity index (χ2v) is 7.86. The molecule has 1 aromatic heterocycles. The van der Waals surface area contributed by atoms with Gasteiger partial charge in [-0.05, 0) is 55.5 Å². The summed E-state index contributed by atoms with van der Waals surface area (Å²) in [7, 11) is 1.54. The van der Waals surface area contributed by atoms with Crippen molar-refractivity contribution in [2.45, 2.75) is 42.9 Å². The molecule has 5 nitrogen and oxygen atoms in total. The van der Waals surface area contributed by atoms with Crippen molar-refractivity contribution < 1.29 is 9.53 Å². The van der Waals surface area contributed by atoms with Crippen molar-refractivity contribution >= 4 is 35.0 Å². The Morgan fingerprint density at radius 3 is 2.93 bits per heavy atom. The van der Waals surface area contributed by atoms with Crippen LogP contribution in [0.5, 0.6) is 5.75 Å². The van der Waals surface area contributed by atoms with E-state index < -0.39 is 0 Å². The molecule has 3 rings (SSSR count). The molecule has 1 unspecified atom stereocenters. The fourth-order valence-electron chi connectivity index (χ4n) is 3.05. The van der Waals surface area contributed by atoms with Crippen molar-refractivity contribution in [3.63, 3.8) is 0 Å². The van der Waals surface area contributed by atoms with Crippen LogP contribution in [0.2, 0.25) is 5.02 Å². The Kier molecular flexibility index (Phi) is 6.25. The van der Waals surface area contributed by atoms with Crippen molar-refractivity contribution in [1.29, 1.82) is 5.26 Å². The van der Waals surface area contributed by atoms with Crippen molar-refractivity contribution in [2.75, 3.05) is 12.4 Å². The number of thioether (sulfide) groups is 1. The highest BCUT2D eigenvalue weighted by molar-refractivity contribution is 8.00. The predicted molar refractivity (Wildman–Crippen MR) is 108 cm³/mol. The Bertz CT molecular complexity index is 911. The zero-order valence-corrected chi connectivity index (χ0v) is 16.8. The smallest absolute Gasteiger partial charge is 0.237 e. The summed E-state index contributed by atoms with van der Waals surface area (Å²) in [5, 5.41) is 13.1. The van der Waals surface area contributed by atoms with Gasteiger partial charge < -0.3 is 10.1 Å². The van der Waals surface area contributed by atoms with Crippen LogP contribution in [0.25, 0.3) is 0 Å². The molecule has 1 amide bonds. The number of carbonyl (C=O) groups is 1. The number of nitrogens with one attached hydrogen (secondary N) is 1. The minimum atomic E-state index is -0.357. The molecule has 0 fully saturated rings. The van der Waals surface area contributed by atoms with Gasteiger partial charge in [-0.25, -0.2) is 4.98 Å². The van der Waals surface area contributed by atoms with E-state index in [4.69, 9.17) is 16.3 Å². The molecule has 0 aliphatic heterocycles. The first-order valence-electron chi connectivity index (χ1n) is 8.79. The van der Waals surface area contributed by atoms with Crippen LogP contribution >= 0.6 is 23.4 Å². The Hall–Kier alpha value is -2.23. The summed E-state index contributed by atoms with van der Waals surface area (Å²) in [6.45, 7) is 1.94. The molecule has 0 bridgehead atoms. The largest absolute Gasteiger partial charge is 0.495 e. The third-order valence-corrected chi connectivity index (χ3v) is 6.13. The number of rotatable bonds is 6. The molecule has 1 aromatic carbocycles. The Labute approximate surface area is 168 Å². The number of fused-ring (bicyclic) bond motifs is 1. The van der Waals surface area contributed by atoms with Gasteiger partial charge >= 0.3 is 0 Å². The first kappa shape index (κ1) is 19.5. The lowest BCUT2D eigenvalue weighted by Crippen LogP contribution is -2.24. The number of pyridine rings is 1. The van der Waals surface area contributed by atoms with Gasteiger partial charge in [0.25, 0.3) is 0 Å². The lowest BCUT2D eigenvalue weighted by molar-refractivity contribution is -0.115. The molecule has 2 aromatic rings. The van der Waals surface area contributed by atoms with Crippen molar-refractivity contribution in [3.8, 4) is 11.8 Å². The number of anilines is 1. The molecule has 7 heteroatoms. The van der Waals surface area contributed by atoms with E-state index in [-0.39, 0.29) is 11.2 Å². The minimum absolute atomic E-state index is 0.144. The van der Waals surface area contributed by atoms with Crippen molar-refractivity contribution in [3.05, 3.63) is 46.1 Å². The van der Waals surface area contributed by atoms with E-state index in [9.17, 15) is 10.1 Å². The molecule has 1 aliphatic rings. The number of nitrogens with zero attached hydrogens (tertiary/aromatic N) is 2. The number of ether oxygens (including phenoxy) is 1. The summed E-state index contributed by atoms with van der Waals surface area (Å²) in [6, 6.07) is 9.25. The summed E-state index contributed by atoms with van der Waals surface area (Å²) in [5.74, 6) is 0.409. The van der Waals surface area contributed by atoms with E-state index in [0.717, 1.165) is 30.5 Å². The third-order valence-electron chi connectivity index (χ3n) is 4.47. The molecule has 27 heavy (non-hydrogen) atoms. The number of methoxy groups -OCH3 is 1. The molecular formula is C20H20ClN3O2S. The normalized spacial score (nSPS) is 13.6. The number of hydrogen-bond acceptors (Lipinski definition) is 5. The van der Waals surface area contributed by atoms with Crippen LogP contribution in [-0.2, 0) is 17.6 Å². The lowest BCUT2D eigenvalue weighted by Gasteiger charge is -2.16. The molecule has 0 saturated heterocycles. The Morgan fingerprint density at radius 2 is 2.26 bits per heavy atom. The highest BCUT2D eigenvalue weighted by Crippen LogP contribution is 2.32. The molecule has 1 N–H and O–H groups in total. The predicted octanol–water partition coefficient (Wildman–Crippen LogP) is 4.61. The standard InChI is InChI=1S/C20H20ClN3O2S/c1-3-18(19(25)23-14-7-8-17(26-2)15(21)10-14)27-20-13(11-22)9-12-5-4-6-16(12)24-20/h7-10,18H,3-6H2,1-2H3,(H,23,25). The second kappa shape index (κ2) is 8.64. The number of nitriles is 1. The van der Waals surface area contributed by atoms with Crippen molar-refractivity contribution in [1.82, 2.24) is 4.98 Å². The number of hydrogen-bond donors (Lipinski definition) is 1. The quantitative estimate of drug-likeness (QED) is 0.715. The molecule has 1 atom stereocenters. The van der Waals surface area contributed by atoms with E-state index in [2.05, 4.69) is 16.4 Å². The van der Waals surface area contributed by atoms with Gasteiger partial charge in [0, 0.05) is 11.4 Å². The molecule has 0 saturated carbocycles. The Morgan fingerprint density at radius 1 is 1.44 bits per heavy atom. The van der Waals surface area contributed by atoms with E-state index >= 15 is 0 Å². The van der Waals surface area contributed by atoms with Gasteiger partial charge in [0.1, 0.15) is 16.8 Å². The number of carbonyl (C=O) groups excluding carboxylic acids is 1. The maximum Gasteiger partial charge on any atom is 0.237 e. The topological polar surface area (TPSA) is 75.0 Å². The average molecular weight is 402 g/mol. The highest BCUT2D eigenvalue weighted by atomic mass is 35.5. The van der Waals surface area contributed by atoms with Crippen LogP contribution in [0, 0.1) is 11.3 Å². The minimum Gasteiger partial charge on any atom is -0.495 e. The average Bonchev–Trinajstić information content (AvgIpc) is 3.12. The molecule has 1 heterocycles. The summed E-state index contributed by atoms with van der Waals surface area (Å²) in [6.07, 6.45) is 3.58. The first-order chi connectivity index (χ1) is 13.0. The second-order valence-electron chi connectivity index (χ2n) is 6.27. The van der Waals surface area contributed by atoms with Crippen LogP contribution < -0.4 is 10.1 Å². The maximum absolute atomic E-state index is 12.7. The molecular weight excluding hydrogens is 382 g/mol. The van der Waals surface area contributed by atoms with Gasteiger partial charge in [-0.1, -0.05) is 30.3 Å². The van der Waals surface area contributed by atoms with Crippen LogP contribution in [0.4, 0.5) is 5.69 Å². The van der Waals surface area contributed by atoms with Crippen LogP contribution in [0.1, 0.15) is 36.6 Å². The first-order valence-corrected chi connectivity index (χ1v) is 10.1. The zero-order valence-electron chi connectivity index (χ0n) is 15.2. The van der Waals surface area contributed by atoms with Crippen molar-refractivity contribution in [2.24, 2.45) is 0 Å². The molecule has 140 valence electrons.